The number of aromatic amines is 1. The van der Waals surface area contributed by atoms with Gasteiger partial charge in [0.1, 0.15) is 17.0 Å². The number of halogens is 1. The van der Waals surface area contributed by atoms with Crippen LogP contribution in [0.25, 0.3) is 16.7 Å². The average molecular weight is 615 g/mol. The third kappa shape index (κ3) is 5.49. The number of hydrogen-bond donors (Lipinski definition) is 1. The fraction of sp³-hybridized carbons (Fsp3) is 0.194. The van der Waals surface area contributed by atoms with Gasteiger partial charge in [0.25, 0.3) is 11.5 Å². The van der Waals surface area contributed by atoms with E-state index in [0.29, 0.717) is 29.4 Å². The summed E-state index contributed by atoms with van der Waals surface area (Å²) in [5.74, 6) is 1.00. The summed E-state index contributed by atoms with van der Waals surface area (Å²) in [5.41, 5.74) is 2.74. The van der Waals surface area contributed by atoms with Crippen LogP contribution in [0.15, 0.2) is 88.0 Å². The molecule has 1 aliphatic heterocycles. The largest absolute Gasteiger partial charge is 0.497 e. The van der Waals surface area contributed by atoms with Gasteiger partial charge >= 0.3 is 0 Å². The second-order valence-electron chi connectivity index (χ2n) is 9.75. The van der Waals surface area contributed by atoms with Crippen molar-refractivity contribution in [2.45, 2.75) is 17.6 Å². The number of nitrogens with zero attached hydrogens (tertiary/aromatic N) is 5. The van der Waals surface area contributed by atoms with Crippen molar-refractivity contribution in [2.75, 3.05) is 27.1 Å². The number of methoxy groups -OCH3 is 3. The SMILES string of the molecule is COc1ccc(C2=NN(C(=O)CSc3nc4c(cnn4-c4ccc(F)cc4)c(=O)[nH]3)[C@H](c3cccc(OC)c3OC)C2)cc1. The van der Waals surface area contributed by atoms with Gasteiger partial charge in [-0.2, -0.15) is 10.2 Å². The highest BCUT2D eigenvalue weighted by Crippen LogP contribution is 2.42. The molecule has 1 aliphatic rings. The maximum absolute atomic E-state index is 13.8. The molecule has 0 aliphatic carbocycles. The summed E-state index contributed by atoms with van der Waals surface area (Å²) in [4.78, 5) is 33.9. The van der Waals surface area contributed by atoms with E-state index >= 15 is 0 Å². The number of carbonyl (C=O) groups excluding carboxylic acids is 1. The predicted octanol–water partition coefficient (Wildman–Crippen LogP) is 4.74. The third-order valence-corrected chi connectivity index (χ3v) is 8.06. The normalized spacial score (nSPS) is 14.5. The first kappa shape index (κ1) is 28.9. The van der Waals surface area contributed by atoms with E-state index in [1.807, 2.05) is 36.4 Å². The second kappa shape index (κ2) is 12.2. The van der Waals surface area contributed by atoms with E-state index in [2.05, 4.69) is 15.1 Å². The molecular weight excluding hydrogens is 587 g/mol. The molecule has 11 nitrogen and oxygen atoms in total. The first-order chi connectivity index (χ1) is 21.4. The lowest BCUT2D eigenvalue weighted by Gasteiger charge is -2.24. The molecule has 3 aromatic carbocycles. The Kier molecular flexibility index (Phi) is 8.03. The molecule has 44 heavy (non-hydrogen) atoms. The molecule has 0 bridgehead atoms. The second-order valence-corrected chi connectivity index (χ2v) is 10.7. The van der Waals surface area contributed by atoms with Crippen LogP contribution < -0.4 is 19.8 Å². The molecule has 3 heterocycles. The van der Waals surface area contributed by atoms with Crippen LogP contribution in [0.1, 0.15) is 23.6 Å². The lowest BCUT2D eigenvalue weighted by molar-refractivity contribution is -0.130. The van der Waals surface area contributed by atoms with Gasteiger partial charge in [-0.15, -0.1) is 0 Å². The van der Waals surface area contributed by atoms with Crippen LogP contribution >= 0.6 is 11.8 Å². The lowest BCUT2D eigenvalue weighted by atomic mass is 9.97. The van der Waals surface area contributed by atoms with Crippen LogP contribution in [0.4, 0.5) is 4.39 Å². The summed E-state index contributed by atoms with van der Waals surface area (Å²) >= 11 is 1.07. The molecule has 2 aromatic heterocycles. The molecule has 5 aromatic rings. The van der Waals surface area contributed by atoms with Gasteiger partial charge in [0.2, 0.25) is 0 Å². The highest BCUT2D eigenvalue weighted by atomic mass is 32.2. The summed E-state index contributed by atoms with van der Waals surface area (Å²) in [5, 5.41) is 10.9. The van der Waals surface area contributed by atoms with Crippen LogP contribution in [0.2, 0.25) is 0 Å². The molecule has 0 saturated carbocycles. The van der Waals surface area contributed by atoms with E-state index in [9.17, 15) is 14.0 Å². The summed E-state index contributed by atoms with van der Waals surface area (Å²) in [7, 11) is 4.71. The average Bonchev–Trinajstić information content (AvgIpc) is 3.69. The number of benzene rings is 3. The number of ether oxygens (including phenoxy) is 3. The van der Waals surface area contributed by atoms with Gasteiger partial charge in [-0.25, -0.2) is 19.1 Å². The molecule has 0 radical (unpaired) electrons. The van der Waals surface area contributed by atoms with Crippen molar-refractivity contribution in [3.05, 3.63) is 100 Å². The number of thioether (sulfide) groups is 1. The van der Waals surface area contributed by atoms with Crippen LogP contribution in [0.3, 0.4) is 0 Å². The molecule has 13 heteroatoms. The number of aromatic nitrogens is 4. The van der Waals surface area contributed by atoms with Crippen LogP contribution in [0.5, 0.6) is 17.2 Å². The Morgan fingerprint density at radius 3 is 2.50 bits per heavy atom. The molecule has 0 saturated heterocycles. The van der Waals surface area contributed by atoms with E-state index in [4.69, 9.17) is 19.3 Å². The first-order valence-corrected chi connectivity index (χ1v) is 14.5. The minimum Gasteiger partial charge on any atom is -0.497 e. The fourth-order valence-corrected chi connectivity index (χ4v) is 5.76. The maximum atomic E-state index is 13.8. The van der Waals surface area contributed by atoms with Crippen molar-refractivity contribution in [2.24, 2.45) is 5.10 Å². The monoisotopic (exact) mass is 614 g/mol. The Hall–Kier alpha value is -5.17. The zero-order chi connectivity index (χ0) is 30.8. The van der Waals surface area contributed by atoms with Gasteiger partial charge in [0.15, 0.2) is 22.3 Å². The highest BCUT2D eigenvalue weighted by Gasteiger charge is 2.35. The van der Waals surface area contributed by atoms with Crippen LogP contribution in [-0.4, -0.2) is 63.5 Å². The Morgan fingerprint density at radius 1 is 1.02 bits per heavy atom. The Labute approximate surface area is 255 Å². The number of H-pyrrole nitrogens is 1. The fourth-order valence-electron chi connectivity index (χ4n) is 5.05. The molecule has 0 unspecified atom stereocenters. The van der Waals surface area contributed by atoms with Crippen molar-refractivity contribution in [1.29, 1.82) is 0 Å². The summed E-state index contributed by atoms with van der Waals surface area (Å²) in [6.45, 7) is 0. The lowest BCUT2D eigenvalue weighted by Crippen LogP contribution is -2.29. The number of amides is 1. The van der Waals surface area contributed by atoms with E-state index in [1.165, 1.54) is 28.0 Å². The van der Waals surface area contributed by atoms with Gasteiger partial charge in [-0.3, -0.25) is 9.59 Å². The third-order valence-electron chi connectivity index (χ3n) is 7.20. The number of para-hydroxylation sites is 1. The predicted molar refractivity (Wildman–Crippen MR) is 163 cm³/mol. The summed E-state index contributed by atoms with van der Waals surface area (Å²) < 4.78 is 31.4. The number of nitrogens with one attached hydrogen (secondary N) is 1. The highest BCUT2D eigenvalue weighted by molar-refractivity contribution is 7.99. The first-order valence-electron chi connectivity index (χ1n) is 13.5. The van der Waals surface area contributed by atoms with Crippen molar-refractivity contribution in [3.63, 3.8) is 0 Å². The molecule has 6 rings (SSSR count). The standard InChI is InChI=1S/C31H27FN6O5S/c1-41-21-13-7-18(8-14-21)24-15-25(22-5-4-6-26(42-2)28(22)43-3)38(36-24)27(39)17-44-31-34-29-23(30(40)35-31)16-33-37(29)20-11-9-19(32)10-12-20/h4-14,16,25H,15,17H2,1-3H3,(H,34,35,40)/t25-/m0/s1. The number of hydrazone groups is 1. The Balaban J connectivity index is 1.31. The quantitative estimate of drug-likeness (QED) is 0.187. The number of hydrogen-bond acceptors (Lipinski definition) is 9. The van der Waals surface area contributed by atoms with Gasteiger partial charge in [-0.05, 0) is 60.2 Å². The van der Waals surface area contributed by atoms with E-state index in [0.717, 1.165) is 28.6 Å². The minimum atomic E-state index is -0.473. The van der Waals surface area contributed by atoms with E-state index in [1.54, 1.807) is 39.5 Å². The Bertz CT molecular complexity index is 1920. The molecular formula is C31H27FN6O5S. The van der Waals surface area contributed by atoms with Crippen LogP contribution in [0, 0.1) is 5.82 Å². The van der Waals surface area contributed by atoms with Gasteiger partial charge in [0, 0.05) is 12.0 Å². The van der Waals surface area contributed by atoms with Crippen molar-refractivity contribution >= 4 is 34.4 Å². The minimum absolute atomic E-state index is 0.0681. The zero-order valence-corrected chi connectivity index (χ0v) is 24.8. The zero-order valence-electron chi connectivity index (χ0n) is 24.0. The van der Waals surface area contributed by atoms with Crippen molar-refractivity contribution in [1.82, 2.24) is 24.8 Å². The number of fused-ring (bicyclic) bond motifs is 1. The number of rotatable bonds is 9. The maximum Gasteiger partial charge on any atom is 0.262 e. The molecule has 1 amide bonds. The van der Waals surface area contributed by atoms with Gasteiger partial charge in [-0.1, -0.05) is 23.9 Å². The van der Waals surface area contributed by atoms with Crippen molar-refractivity contribution < 1.29 is 23.4 Å². The van der Waals surface area contributed by atoms with Gasteiger partial charge in [0.05, 0.1) is 50.7 Å². The van der Waals surface area contributed by atoms with Crippen LogP contribution in [-0.2, 0) is 4.79 Å². The van der Waals surface area contributed by atoms with Crippen molar-refractivity contribution in [3.8, 4) is 22.9 Å². The molecule has 224 valence electrons. The molecule has 1 N–H and O–H groups in total. The van der Waals surface area contributed by atoms with E-state index in [-0.39, 0.29) is 27.8 Å². The topological polar surface area (TPSA) is 124 Å². The molecule has 1 atom stereocenters. The molecule has 0 fully saturated rings. The molecule has 0 spiro atoms. The van der Waals surface area contributed by atoms with E-state index < -0.39 is 17.4 Å². The number of carbonyl (C=O) groups is 1. The van der Waals surface area contributed by atoms with Gasteiger partial charge < -0.3 is 19.2 Å². The Morgan fingerprint density at radius 2 is 1.80 bits per heavy atom. The summed E-state index contributed by atoms with van der Waals surface area (Å²) in [6, 6.07) is 18.2. The smallest absolute Gasteiger partial charge is 0.262 e. The summed E-state index contributed by atoms with van der Waals surface area (Å²) in [6.07, 6.45) is 1.83.